The molecule has 2 aromatic rings. The van der Waals surface area contributed by atoms with Gasteiger partial charge in [-0.2, -0.15) is 0 Å². The summed E-state index contributed by atoms with van der Waals surface area (Å²) in [5, 5.41) is 1.72. The van der Waals surface area contributed by atoms with E-state index in [1.165, 1.54) is 0 Å². The van der Waals surface area contributed by atoms with Crippen molar-refractivity contribution in [2.75, 3.05) is 5.06 Å². The Morgan fingerprint density at radius 2 is 1.25 bits per heavy atom. The highest BCUT2D eigenvalue weighted by molar-refractivity contribution is 6.25. The Morgan fingerprint density at radius 3 is 1.55 bits per heavy atom. The van der Waals surface area contributed by atoms with Gasteiger partial charge in [0.25, 0.3) is 0 Å². The first-order valence-electron chi connectivity index (χ1n) is 6.17. The van der Waals surface area contributed by atoms with Crippen molar-refractivity contribution < 1.29 is 4.76 Å². The molecule has 0 atom stereocenters. The van der Waals surface area contributed by atoms with Crippen molar-refractivity contribution in [3.05, 3.63) is 48.5 Å². The molecule has 0 N–H and O–H groups in total. The number of benzene rings is 2. The van der Waals surface area contributed by atoms with E-state index in [2.05, 4.69) is 23.4 Å². The second-order valence-corrected chi connectivity index (χ2v) is 3.98. The van der Waals surface area contributed by atoms with Gasteiger partial charge in [-0.05, 0) is 62.0 Å². The van der Waals surface area contributed by atoms with Crippen LogP contribution in [0.25, 0.3) is 0 Å². The van der Waals surface area contributed by atoms with Crippen LogP contribution in [0.2, 0.25) is 6.82 Å². The Morgan fingerprint density at radius 1 is 0.850 bits per heavy atom. The van der Waals surface area contributed by atoms with E-state index in [0.29, 0.717) is 0 Å². The molecular weight excluding hydrogens is 249 g/mol. The smallest absolute Gasteiger partial charge is 0.331 e. The summed E-state index contributed by atoms with van der Waals surface area (Å²) in [6, 6.07) is 15.2. The lowest BCUT2D eigenvalue weighted by Gasteiger charge is -2.24. The first-order valence-corrected chi connectivity index (χ1v) is 6.17. The second kappa shape index (κ2) is 6.68. The molecule has 0 aliphatic heterocycles. The summed E-state index contributed by atoms with van der Waals surface area (Å²) in [5.74, 6) is 0. The van der Waals surface area contributed by atoms with Gasteiger partial charge in [0.15, 0.2) is 0 Å². The van der Waals surface area contributed by atoms with E-state index in [4.69, 9.17) is 4.76 Å². The van der Waals surface area contributed by atoms with Gasteiger partial charge in [-0.1, -0.05) is 6.82 Å². The largest absolute Gasteiger partial charge is 0.340 e. The lowest BCUT2D eigenvalue weighted by atomic mass is 10.1. The molecule has 0 heterocycles. The maximum atomic E-state index is 5.58. The fourth-order valence-electron chi connectivity index (χ4n) is 1.76. The number of hydrogen-bond acceptors (Lipinski definition) is 4. The fourth-order valence-corrected chi connectivity index (χ4v) is 1.76. The Balaban J connectivity index is 2.32. The molecule has 2 aromatic carbocycles. The van der Waals surface area contributed by atoms with Crippen molar-refractivity contribution in [2.24, 2.45) is 9.98 Å². The lowest BCUT2D eigenvalue weighted by molar-refractivity contribution is 0.346. The van der Waals surface area contributed by atoms with Gasteiger partial charge in [-0.15, -0.1) is 0 Å². The molecule has 0 amide bonds. The number of nitrogens with zero attached hydrogens (tertiary/aromatic N) is 3. The van der Waals surface area contributed by atoms with Crippen LogP contribution in [-0.4, -0.2) is 20.9 Å². The van der Waals surface area contributed by atoms with Crippen molar-refractivity contribution >= 4 is 43.7 Å². The molecule has 99 valence electrons. The van der Waals surface area contributed by atoms with E-state index in [1.54, 1.807) is 12.5 Å². The van der Waals surface area contributed by atoms with Crippen LogP contribution >= 0.6 is 0 Å². The van der Waals surface area contributed by atoms with Crippen LogP contribution in [0.5, 0.6) is 0 Å². The zero-order valence-corrected chi connectivity index (χ0v) is 11.4. The molecule has 0 bridgehead atoms. The van der Waals surface area contributed by atoms with Crippen molar-refractivity contribution in [3.63, 3.8) is 0 Å². The van der Waals surface area contributed by atoms with Gasteiger partial charge in [0.1, 0.15) is 0 Å². The van der Waals surface area contributed by atoms with Crippen molar-refractivity contribution in [1.82, 2.24) is 0 Å². The first kappa shape index (κ1) is 14.0. The van der Waals surface area contributed by atoms with Crippen LogP contribution in [-0.2, 0) is 4.76 Å². The third-order valence-corrected chi connectivity index (χ3v) is 2.74. The normalized spacial score (nSPS) is 9.85. The number of aliphatic imine (C=N–C) groups is 2. The number of hydrogen-bond donors (Lipinski definition) is 0. The molecule has 4 nitrogen and oxygen atoms in total. The molecule has 20 heavy (non-hydrogen) atoms. The van der Waals surface area contributed by atoms with E-state index in [1.807, 2.05) is 55.4 Å². The second-order valence-electron chi connectivity index (χ2n) is 3.98. The van der Waals surface area contributed by atoms with Crippen LogP contribution in [0.15, 0.2) is 58.5 Å². The van der Waals surface area contributed by atoms with Crippen LogP contribution in [0, 0.1) is 0 Å². The maximum Gasteiger partial charge on any atom is 0.331 e. The van der Waals surface area contributed by atoms with Crippen LogP contribution in [0.3, 0.4) is 0 Å². The molecule has 2 rings (SSSR count). The molecule has 0 aromatic heterocycles. The summed E-state index contributed by atoms with van der Waals surface area (Å²) in [4.78, 5) is 7.75. The number of rotatable bonds is 6. The molecule has 0 fully saturated rings. The van der Waals surface area contributed by atoms with Crippen LogP contribution in [0.1, 0.15) is 0 Å². The van der Waals surface area contributed by atoms with Crippen LogP contribution in [0.4, 0.5) is 22.7 Å². The standard InChI is InChI=1S/C15H15BN3O/c1-16-20-19(14-8-4-12(17-2)5-9-14)15-10-6-13(18-3)7-11-15/h4-11H,2-3H2,1H3. The van der Waals surface area contributed by atoms with Crippen LogP contribution < -0.4 is 5.06 Å². The zero-order valence-electron chi connectivity index (χ0n) is 11.4. The summed E-state index contributed by atoms with van der Waals surface area (Å²) in [6.45, 7) is 8.83. The Hall–Kier alpha value is -2.40. The molecule has 0 aliphatic carbocycles. The monoisotopic (exact) mass is 264 g/mol. The molecule has 0 saturated heterocycles. The maximum absolute atomic E-state index is 5.58. The Kier molecular flexibility index (Phi) is 4.68. The van der Waals surface area contributed by atoms with E-state index in [0.717, 1.165) is 22.7 Å². The lowest BCUT2D eigenvalue weighted by Crippen LogP contribution is -2.18. The summed E-state index contributed by atoms with van der Waals surface area (Å²) >= 11 is 0. The minimum absolute atomic E-state index is 0.820. The minimum atomic E-state index is 0.820. The first-order chi connectivity index (χ1) is 9.78. The molecule has 1 radical (unpaired) electrons. The van der Waals surface area contributed by atoms with E-state index < -0.39 is 0 Å². The van der Waals surface area contributed by atoms with Crippen molar-refractivity contribution in [3.8, 4) is 0 Å². The van der Waals surface area contributed by atoms with Gasteiger partial charge in [0, 0.05) is 0 Å². The molecule has 0 spiro atoms. The SMILES string of the molecule is C=Nc1ccc(N(O[B]C)c2ccc(N=C)cc2)cc1. The van der Waals surface area contributed by atoms with Gasteiger partial charge >= 0.3 is 7.48 Å². The number of anilines is 2. The van der Waals surface area contributed by atoms with Gasteiger partial charge < -0.3 is 4.76 Å². The van der Waals surface area contributed by atoms with E-state index >= 15 is 0 Å². The summed E-state index contributed by atoms with van der Waals surface area (Å²) in [6.07, 6.45) is 0. The third kappa shape index (κ3) is 3.13. The van der Waals surface area contributed by atoms with Crippen molar-refractivity contribution in [1.29, 1.82) is 0 Å². The summed E-state index contributed by atoms with van der Waals surface area (Å²) < 4.78 is 5.58. The molecule has 0 aliphatic rings. The van der Waals surface area contributed by atoms with Gasteiger partial charge in [0.2, 0.25) is 0 Å². The highest BCUT2D eigenvalue weighted by Crippen LogP contribution is 2.28. The Bertz CT molecular complexity index is 530. The van der Waals surface area contributed by atoms with E-state index in [9.17, 15) is 0 Å². The van der Waals surface area contributed by atoms with Gasteiger partial charge in [-0.25, -0.2) is 5.06 Å². The Labute approximate surface area is 119 Å². The quantitative estimate of drug-likeness (QED) is 0.447. The van der Waals surface area contributed by atoms with Gasteiger partial charge in [0.05, 0.1) is 22.7 Å². The predicted octanol–water partition coefficient (Wildman–Crippen LogP) is 4.09. The van der Waals surface area contributed by atoms with Gasteiger partial charge in [-0.3, -0.25) is 9.98 Å². The van der Waals surface area contributed by atoms with Crippen molar-refractivity contribution in [2.45, 2.75) is 6.82 Å². The summed E-state index contributed by atoms with van der Waals surface area (Å²) in [7, 11) is 1.62. The highest BCUT2D eigenvalue weighted by Gasteiger charge is 2.09. The molecular formula is C15H15BN3O. The topological polar surface area (TPSA) is 37.2 Å². The molecule has 0 saturated carbocycles. The minimum Gasteiger partial charge on any atom is -0.340 e. The predicted molar refractivity (Wildman–Crippen MR) is 86.1 cm³/mol. The third-order valence-electron chi connectivity index (χ3n) is 2.74. The highest BCUT2D eigenvalue weighted by atomic mass is 16.6. The molecule has 5 heteroatoms. The summed E-state index contributed by atoms with van der Waals surface area (Å²) in [5.41, 5.74) is 3.44. The zero-order chi connectivity index (χ0) is 14.4. The average Bonchev–Trinajstić information content (AvgIpc) is 2.53. The fraction of sp³-hybridized carbons (Fsp3) is 0.0667. The molecule has 0 unspecified atom stereocenters. The average molecular weight is 264 g/mol. The van der Waals surface area contributed by atoms with E-state index in [-0.39, 0.29) is 0 Å².